The van der Waals surface area contributed by atoms with Gasteiger partial charge < -0.3 is 4.90 Å². The fourth-order valence-corrected chi connectivity index (χ4v) is 3.21. The first kappa shape index (κ1) is 16.3. The molecule has 1 atom stereocenters. The van der Waals surface area contributed by atoms with Gasteiger partial charge in [-0.05, 0) is 39.2 Å². The normalized spacial score (nSPS) is 19.6. The Morgan fingerprint density at radius 1 is 1.38 bits per heavy atom. The molecule has 0 amide bonds. The quantitative estimate of drug-likeness (QED) is 0.844. The van der Waals surface area contributed by atoms with Crippen LogP contribution in [0.1, 0.15) is 39.2 Å². The summed E-state index contributed by atoms with van der Waals surface area (Å²) in [5.41, 5.74) is -0.0982. The van der Waals surface area contributed by atoms with Crippen LogP contribution in [0.2, 0.25) is 5.15 Å². The summed E-state index contributed by atoms with van der Waals surface area (Å²) >= 11 is 5.99. The van der Waals surface area contributed by atoms with Crippen LogP contribution in [-0.4, -0.2) is 33.6 Å². The van der Waals surface area contributed by atoms with Gasteiger partial charge in [-0.2, -0.15) is 0 Å². The van der Waals surface area contributed by atoms with E-state index >= 15 is 0 Å². The largest absolute Gasteiger partial charge is 0.329 e. The summed E-state index contributed by atoms with van der Waals surface area (Å²) in [6, 6.07) is 0.505. The molecule has 0 spiro atoms. The summed E-state index contributed by atoms with van der Waals surface area (Å²) in [6.07, 6.45) is 2.44. The van der Waals surface area contributed by atoms with Gasteiger partial charge in [0.1, 0.15) is 5.15 Å². The number of rotatable bonds is 5. The van der Waals surface area contributed by atoms with Crippen LogP contribution in [0.25, 0.3) is 0 Å². The molecule has 0 radical (unpaired) electrons. The Morgan fingerprint density at radius 3 is 2.67 bits per heavy atom. The number of likely N-dealkylation sites (tertiary alicyclic amines) is 1. The number of halogens is 1. The monoisotopic (exact) mass is 313 g/mol. The molecule has 0 aromatic carbocycles. The van der Waals surface area contributed by atoms with Crippen LogP contribution in [0.3, 0.4) is 0 Å². The number of nitrogens with one attached hydrogen (secondary N) is 1. The van der Waals surface area contributed by atoms with E-state index in [9.17, 15) is 9.59 Å². The Kier molecular flexibility index (Phi) is 5.27. The number of H-pyrrole nitrogens is 1. The maximum Gasteiger partial charge on any atom is 0.329 e. The summed E-state index contributed by atoms with van der Waals surface area (Å²) in [4.78, 5) is 29.5. The summed E-state index contributed by atoms with van der Waals surface area (Å²) in [5.74, 6) is 0.349. The van der Waals surface area contributed by atoms with Crippen molar-refractivity contribution < 1.29 is 0 Å². The molecule has 1 aliphatic heterocycles. The van der Waals surface area contributed by atoms with Crippen molar-refractivity contribution in [1.82, 2.24) is 14.5 Å². The molecular formula is C15H24ClN3O2. The molecule has 1 aromatic heterocycles. The van der Waals surface area contributed by atoms with Crippen molar-refractivity contribution in [2.24, 2.45) is 5.92 Å². The number of nitrogens with zero attached hydrogens (tertiary/aromatic N) is 2. The molecule has 5 nitrogen and oxygen atoms in total. The molecule has 2 heterocycles. The molecule has 1 unspecified atom stereocenters. The Morgan fingerprint density at radius 2 is 2.10 bits per heavy atom. The van der Waals surface area contributed by atoms with Gasteiger partial charge in [0, 0.05) is 19.1 Å². The summed E-state index contributed by atoms with van der Waals surface area (Å²) in [5, 5.41) is 0.193. The average Bonchev–Trinajstić information content (AvgIpc) is 2.88. The molecule has 1 fully saturated rings. The molecule has 118 valence electrons. The van der Waals surface area contributed by atoms with Gasteiger partial charge in [0.2, 0.25) is 0 Å². The van der Waals surface area contributed by atoms with Crippen LogP contribution in [0.15, 0.2) is 9.59 Å². The van der Waals surface area contributed by atoms with E-state index in [1.54, 1.807) is 0 Å². The second-order valence-corrected chi connectivity index (χ2v) is 6.51. The highest BCUT2D eigenvalue weighted by molar-refractivity contribution is 6.30. The standard InChI is InChI=1S/C15H24ClN3O2/c1-4-5-12-13(16)17-15(21)19(14(12)20)9-11-6-7-18(8-11)10(2)3/h10-11H,4-9H2,1-3H3,(H,17,21). The van der Waals surface area contributed by atoms with Gasteiger partial charge in [0.15, 0.2) is 0 Å². The molecule has 0 bridgehead atoms. The third kappa shape index (κ3) is 3.58. The number of hydrogen-bond acceptors (Lipinski definition) is 3. The minimum atomic E-state index is -0.396. The first-order valence-corrected chi connectivity index (χ1v) is 8.07. The molecule has 0 aliphatic carbocycles. The van der Waals surface area contributed by atoms with Crippen LogP contribution in [-0.2, 0) is 13.0 Å². The second-order valence-electron chi connectivity index (χ2n) is 6.13. The van der Waals surface area contributed by atoms with Crippen LogP contribution >= 0.6 is 11.6 Å². The first-order valence-electron chi connectivity index (χ1n) is 7.69. The van der Waals surface area contributed by atoms with Gasteiger partial charge in [-0.15, -0.1) is 0 Å². The summed E-state index contributed by atoms with van der Waals surface area (Å²) in [6.45, 7) is 8.78. The average molecular weight is 314 g/mol. The summed E-state index contributed by atoms with van der Waals surface area (Å²) < 4.78 is 1.32. The van der Waals surface area contributed by atoms with Crippen LogP contribution in [0.4, 0.5) is 0 Å². The lowest BCUT2D eigenvalue weighted by molar-refractivity contribution is 0.259. The van der Waals surface area contributed by atoms with Crippen molar-refractivity contribution in [1.29, 1.82) is 0 Å². The molecule has 6 heteroatoms. The van der Waals surface area contributed by atoms with Crippen molar-refractivity contribution in [2.45, 2.75) is 52.6 Å². The lowest BCUT2D eigenvalue weighted by Crippen LogP contribution is -2.40. The minimum Gasteiger partial charge on any atom is -0.301 e. The third-order valence-electron chi connectivity index (χ3n) is 4.22. The van der Waals surface area contributed by atoms with Crippen LogP contribution in [0.5, 0.6) is 0 Å². The van der Waals surface area contributed by atoms with E-state index in [1.165, 1.54) is 4.57 Å². The van der Waals surface area contributed by atoms with Gasteiger partial charge in [0.25, 0.3) is 5.56 Å². The SMILES string of the molecule is CCCc1c(Cl)[nH]c(=O)n(CC2CCN(C(C)C)C2)c1=O. The molecule has 1 saturated heterocycles. The van der Waals surface area contributed by atoms with Crippen molar-refractivity contribution in [3.8, 4) is 0 Å². The van der Waals surface area contributed by atoms with Gasteiger partial charge in [-0.25, -0.2) is 4.79 Å². The van der Waals surface area contributed by atoms with Crippen molar-refractivity contribution in [3.05, 3.63) is 31.6 Å². The molecule has 1 aromatic rings. The number of aromatic amines is 1. The molecule has 21 heavy (non-hydrogen) atoms. The third-order valence-corrected chi connectivity index (χ3v) is 4.54. The van der Waals surface area contributed by atoms with E-state index in [-0.39, 0.29) is 10.7 Å². The van der Waals surface area contributed by atoms with Crippen molar-refractivity contribution in [2.75, 3.05) is 13.1 Å². The van der Waals surface area contributed by atoms with Gasteiger partial charge in [-0.1, -0.05) is 24.9 Å². The Hall–Kier alpha value is -1.07. The van der Waals surface area contributed by atoms with E-state index in [0.29, 0.717) is 30.5 Å². The highest BCUT2D eigenvalue weighted by Crippen LogP contribution is 2.19. The predicted molar refractivity (Wildman–Crippen MR) is 85.1 cm³/mol. The Bertz CT molecular complexity index is 606. The zero-order chi connectivity index (χ0) is 15.6. The highest BCUT2D eigenvalue weighted by atomic mass is 35.5. The first-order chi connectivity index (χ1) is 9.93. The van der Waals surface area contributed by atoms with Crippen LogP contribution < -0.4 is 11.2 Å². The Labute approximate surface area is 129 Å². The van der Waals surface area contributed by atoms with E-state index < -0.39 is 5.69 Å². The predicted octanol–water partition coefficient (Wildman–Crippen LogP) is 1.87. The van der Waals surface area contributed by atoms with Crippen molar-refractivity contribution >= 4 is 11.6 Å². The minimum absolute atomic E-state index is 0.193. The topological polar surface area (TPSA) is 58.1 Å². The zero-order valence-corrected chi connectivity index (χ0v) is 13.7. The molecular weight excluding hydrogens is 290 g/mol. The second kappa shape index (κ2) is 6.79. The fraction of sp³-hybridized carbons (Fsp3) is 0.733. The van der Waals surface area contributed by atoms with Gasteiger partial charge >= 0.3 is 5.69 Å². The Balaban J connectivity index is 2.23. The molecule has 2 rings (SSSR count). The van der Waals surface area contributed by atoms with Gasteiger partial charge in [-0.3, -0.25) is 14.3 Å². The van der Waals surface area contributed by atoms with Crippen molar-refractivity contribution in [3.63, 3.8) is 0 Å². The lowest BCUT2D eigenvalue weighted by Gasteiger charge is -2.20. The number of aromatic nitrogens is 2. The van der Waals surface area contributed by atoms with Gasteiger partial charge in [0.05, 0.1) is 5.56 Å². The molecule has 0 saturated carbocycles. The molecule has 1 aliphatic rings. The maximum atomic E-state index is 12.4. The molecule has 1 N–H and O–H groups in total. The van der Waals surface area contributed by atoms with E-state index in [1.807, 2.05) is 6.92 Å². The summed E-state index contributed by atoms with van der Waals surface area (Å²) in [7, 11) is 0. The van der Waals surface area contributed by atoms with E-state index in [4.69, 9.17) is 11.6 Å². The fourth-order valence-electron chi connectivity index (χ4n) is 2.96. The smallest absolute Gasteiger partial charge is 0.301 e. The van der Waals surface area contributed by atoms with Crippen LogP contribution in [0, 0.1) is 5.92 Å². The van der Waals surface area contributed by atoms with E-state index in [2.05, 4.69) is 23.7 Å². The van der Waals surface area contributed by atoms with E-state index in [0.717, 1.165) is 25.9 Å². The maximum absolute atomic E-state index is 12.4. The zero-order valence-electron chi connectivity index (χ0n) is 13.0. The highest BCUT2D eigenvalue weighted by Gasteiger charge is 2.25. The lowest BCUT2D eigenvalue weighted by atomic mass is 10.1. The number of hydrogen-bond donors (Lipinski definition) is 1.